The summed E-state index contributed by atoms with van der Waals surface area (Å²) in [7, 11) is -3.34. The summed E-state index contributed by atoms with van der Waals surface area (Å²) in [5, 5.41) is 2.86. The van der Waals surface area contributed by atoms with Gasteiger partial charge in [0.05, 0.1) is 16.8 Å². The summed E-state index contributed by atoms with van der Waals surface area (Å²) in [5.41, 5.74) is 1.87. The number of sulfonamides is 1. The predicted molar refractivity (Wildman–Crippen MR) is 96.6 cm³/mol. The molecule has 1 aliphatic rings. The Kier molecular flexibility index (Phi) is 5.39. The molecule has 1 amide bonds. The van der Waals surface area contributed by atoms with Gasteiger partial charge in [0, 0.05) is 19.5 Å². The average Bonchev–Trinajstić information content (AvgIpc) is 3.21. The van der Waals surface area contributed by atoms with E-state index >= 15 is 0 Å². The van der Waals surface area contributed by atoms with E-state index in [1.165, 1.54) is 4.31 Å². The minimum atomic E-state index is -3.34. The Morgan fingerprint density at radius 1 is 1.40 bits per heavy atom. The zero-order valence-corrected chi connectivity index (χ0v) is 15.2. The molecule has 2 N–H and O–H groups in total. The molecule has 1 atom stereocenters. The van der Waals surface area contributed by atoms with E-state index in [4.69, 9.17) is 0 Å². The monoisotopic (exact) mass is 364 g/mol. The molecule has 0 aliphatic carbocycles. The van der Waals surface area contributed by atoms with E-state index in [9.17, 15) is 13.2 Å². The van der Waals surface area contributed by atoms with Gasteiger partial charge >= 0.3 is 0 Å². The number of carbonyl (C=O) groups is 1. The molecule has 136 valence electrons. The van der Waals surface area contributed by atoms with Crippen molar-refractivity contribution in [2.24, 2.45) is 0 Å². The summed E-state index contributed by atoms with van der Waals surface area (Å²) in [6.07, 6.45) is 2.44. The predicted octanol–water partition coefficient (Wildman–Crippen LogP) is 1.43. The lowest BCUT2D eigenvalue weighted by atomic mass is 10.2. The number of H-pyrrole nitrogens is 1. The molecular formula is C17H24N4O3S. The summed E-state index contributed by atoms with van der Waals surface area (Å²) < 4.78 is 25.9. The van der Waals surface area contributed by atoms with Gasteiger partial charge in [-0.2, -0.15) is 4.31 Å². The van der Waals surface area contributed by atoms with Crippen molar-refractivity contribution in [3.63, 3.8) is 0 Å². The fourth-order valence-corrected chi connectivity index (χ4v) is 5.00. The van der Waals surface area contributed by atoms with E-state index in [0.717, 1.165) is 23.3 Å². The normalized spacial score (nSPS) is 18.7. The maximum atomic E-state index is 12.4. The molecule has 0 radical (unpaired) electrons. The van der Waals surface area contributed by atoms with Crippen LogP contribution in [0.1, 0.15) is 32.0 Å². The van der Waals surface area contributed by atoms with E-state index in [1.807, 2.05) is 31.2 Å². The Morgan fingerprint density at radius 2 is 2.20 bits per heavy atom. The number of hydrogen-bond donors (Lipinski definition) is 2. The Morgan fingerprint density at radius 3 is 2.96 bits per heavy atom. The maximum Gasteiger partial charge on any atom is 0.238 e. The number of imidazole rings is 1. The van der Waals surface area contributed by atoms with E-state index < -0.39 is 16.1 Å². The first-order chi connectivity index (χ1) is 12.0. The number of nitrogens with zero attached hydrogens (tertiary/aromatic N) is 2. The van der Waals surface area contributed by atoms with Crippen molar-refractivity contribution >= 4 is 27.0 Å². The maximum absolute atomic E-state index is 12.4. The number of rotatable bonds is 7. The van der Waals surface area contributed by atoms with Crippen LogP contribution in [0.3, 0.4) is 0 Å². The molecule has 1 fully saturated rings. The number of para-hydroxylation sites is 2. The number of benzene rings is 1. The van der Waals surface area contributed by atoms with E-state index in [1.54, 1.807) is 0 Å². The number of nitrogens with one attached hydrogen (secondary N) is 2. The fraction of sp³-hybridized carbons (Fsp3) is 0.529. The molecule has 0 bridgehead atoms. The van der Waals surface area contributed by atoms with Gasteiger partial charge in [-0.25, -0.2) is 13.4 Å². The third-order valence-corrected chi connectivity index (χ3v) is 6.50. The standard InChI is InChI=1S/C17H24N4O3S/c1-2-12-25(23,24)21-11-5-8-15(21)17(22)18-10-9-16-19-13-6-3-4-7-14(13)20-16/h3-4,6-7,15H,2,5,8-12H2,1H3,(H,18,22)(H,19,20). The molecule has 7 nitrogen and oxygen atoms in total. The first-order valence-corrected chi connectivity index (χ1v) is 10.3. The molecule has 1 unspecified atom stereocenters. The molecule has 2 heterocycles. The van der Waals surface area contributed by atoms with Gasteiger partial charge in [0.2, 0.25) is 15.9 Å². The Hall–Kier alpha value is -1.93. The van der Waals surface area contributed by atoms with E-state index in [0.29, 0.717) is 32.4 Å². The van der Waals surface area contributed by atoms with Crippen LogP contribution < -0.4 is 5.32 Å². The lowest BCUT2D eigenvalue weighted by molar-refractivity contribution is -0.124. The van der Waals surface area contributed by atoms with Gasteiger partial charge in [0.15, 0.2) is 0 Å². The van der Waals surface area contributed by atoms with Crippen molar-refractivity contribution in [3.8, 4) is 0 Å². The lowest BCUT2D eigenvalue weighted by Crippen LogP contribution is -2.47. The highest BCUT2D eigenvalue weighted by molar-refractivity contribution is 7.89. The molecule has 25 heavy (non-hydrogen) atoms. The highest BCUT2D eigenvalue weighted by atomic mass is 32.2. The van der Waals surface area contributed by atoms with Crippen molar-refractivity contribution in [2.45, 2.75) is 38.6 Å². The van der Waals surface area contributed by atoms with Crippen LogP contribution in [0.5, 0.6) is 0 Å². The van der Waals surface area contributed by atoms with Crippen LogP contribution in [0.15, 0.2) is 24.3 Å². The number of aromatic nitrogens is 2. The van der Waals surface area contributed by atoms with Gasteiger partial charge in [-0.1, -0.05) is 19.1 Å². The number of amides is 1. The topological polar surface area (TPSA) is 95.2 Å². The first-order valence-electron chi connectivity index (χ1n) is 8.72. The van der Waals surface area contributed by atoms with Crippen LogP contribution in [-0.2, 0) is 21.2 Å². The highest BCUT2D eigenvalue weighted by Gasteiger charge is 2.37. The first kappa shape index (κ1) is 17.9. The van der Waals surface area contributed by atoms with Crippen LogP contribution >= 0.6 is 0 Å². The van der Waals surface area contributed by atoms with Gasteiger partial charge in [0.1, 0.15) is 11.9 Å². The number of hydrogen-bond acceptors (Lipinski definition) is 4. The quantitative estimate of drug-likeness (QED) is 0.777. The summed E-state index contributed by atoms with van der Waals surface area (Å²) in [4.78, 5) is 20.1. The van der Waals surface area contributed by atoms with Crippen LogP contribution in [0.4, 0.5) is 0 Å². The SMILES string of the molecule is CCCS(=O)(=O)N1CCCC1C(=O)NCCc1nc2ccccc2[nH]1. The molecule has 0 saturated carbocycles. The molecule has 1 saturated heterocycles. The minimum absolute atomic E-state index is 0.0930. The third-order valence-electron chi connectivity index (χ3n) is 4.43. The molecule has 2 aromatic rings. The smallest absolute Gasteiger partial charge is 0.238 e. The summed E-state index contributed by atoms with van der Waals surface area (Å²) in [5.74, 6) is 0.687. The van der Waals surface area contributed by atoms with Gasteiger partial charge < -0.3 is 10.3 Å². The lowest BCUT2D eigenvalue weighted by Gasteiger charge is -2.23. The van der Waals surface area contributed by atoms with Crippen molar-refractivity contribution in [3.05, 3.63) is 30.1 Å². The zero-order chi connectivity index (χ0) is 17.9. The van der Waals surface area contributed by atoms with Crippen molar-refractivity contribution in [2.75, 3.05) is 18.8 Å². The second kappa shape index (κ2) is 7.53. The molecular weight excluding hydrogens is 340 g/mol. The van der Waals surface area contributed by atoms with Crippen molar-refractivity contribution < 1.29 is 13.2 Å². The van der Waals surface area contributed by atoms with Crippen LogP contribution in [-0.4, -0.2) is 53.5 Å². The number of aromatic amines is 1. The molecule has 1 aromatic carbocycles. The second-order valence-electron chi connectivity index (χ2n) is 6.33. The molecule has 3 rings (SSSR count). The van der Waals surface area contributed by atoms with E-state index in [2.05, 4.69) is 15.3 Å². The van der Waals surface area contributed by atoms with Crippen LogP contribution in [0.2, 0.25) is 0 Å². The largest absolute Gasteiger partial charge is 0.354 e. The molecule has 1 aliphatic heterocycles. The highest BCUT2D eigenvalue weighted by Crippen LogP contribution is 2.22. The van der Waals surface area contributed by atoms with Gasteiger partial charge in [0.25, 0.3) is 0 Å². The second-order valence-corrected chi connectivity index (χ2v) is 8.37. The van der Waals surface area contributed by atoms with Gasteiger partial charge in [-0.15, -0.1) is 0 Å². The summed E-state index contributed by atoms with van der Waals surface area (Å²) in [6.45, 7) is 2.69. The van der Waals surface area contributed by atoms with E-state index in [-0.39, 0.29) is 11.7 Å². The minimum Gasteiger partial charge on any atom is -0.354 e. The van der Waals surface area contributed by atoms with Crippen LogP contribution in [0, 0.1) is 0 Å². The number of carbonyl (C=O) groups excluding carboxylic acids is 1. The Bertz CT molecular complexity index is 813. The fourth-order valence-electron chi connectivity index (χ4n) is 3.26. The van der Waals surface area contributed by atoms with Crippen molar-refractivity contribution in [1.82, 2.24) is 19.6 Å². The van der Waals surface area contributed by atoms with Gasteiger partial charge in [-0.05, 0) is 31.4 Å². The summed E-state index contributed by atoms with van der Waals surface area (Å²) >= 11 is 0. The molecule has 1 aromatic heterocycles. The third kappa shape index (κ3) is 4.01. The zero-order valence-electron chi connectivity index (χ0n) is 14.4. The molecule has 0 spiro atoms. The average molecular weight is 364 g/mol. The van der Waals surface area contributed by atoms with Crippen LogP contribution in [0.25, 0.3) is 11.0 Å². The van der Waals surface area contributed by atoms with Gasteiger partial charge in [-0.3, -0.25) is 4.79 Å². The Balaban J connectivity index is 1.56. The Labute approximate surface area is 147 Å². The summed E-state index contributed by atoms with van der Waals surface area (Å²) in [6, 6.07) is 7.19. The molecule has 8 heteroatoms. The van der Waals surface area contributed by atoms with Crippen molar-refractivity contribution in [1.29, 1.82) is 0 Å². The number of fused-ring (bicyclic) bond motifs is 1.